The maximum Gasteiger partial charge on any atom is 0.261 e. The Labute approximate surface area is 163 Å². The summed E-state index contributed by atoms with van der Waals surface area (Å²) < 4.78 is 16.4. The Morgan fingerprint density at radius 2 is 1.68 bits per heavy atom. The summed E-state index contributed by atoms with van der Waals surface area (Å²) in [5, 5.41) is 2.89. The van der Waals surface area contributed by atoms with Crippen LogP contribution >= 0.6 is 0 Å². The molecule has 3 aromatic carbocycles. The van der Waals surface area contributed by atoms with E-state index in [1.165, 1.54) is 0 Å². The third kappa shape index (κ3) is 4.09. The molecule has 142 valence electrons. The van der Waals surface area contributed by atoms with Crippen LogP contribution in [0.5, 0.6) is 17.2 Å². The van der Waals surface area contributed by atoms with Crippen molar-refractivity contribution in [3.63, 3.8) is 0 Å². The van der Waals surface area contributed by atoms with Crippen molar-refractivity contribution in [2.24, 2.45) is 0 Å². The van der Waals surface area contributed by atoms with E-state index in [0.717, 1.165) is 22.4 Å². The Morgan fingerprint density at radius 3 is 2.46 bits per heavy atom. The second-order valence-electron chi connectivity index (χ2n) is 6.56. The molecular weight excluding hydrogens is 354 g/mol. The van der Waals surface area contributed by atoms with Crippen LogP contribution in [0.1, 0.15) is 12.5 Å². The Balaban J connectivity index is 1.31. The molecule has 0 fully saturated rings. The predicted molar refractivity (Wildman–Crippen MR) is 106 cm³/mol. The van der Waals surface area contributed by atoms with Gasteiger partial charge in [-0.2, -0.15) is 0 Å². The molecule has 0 aromatic heterocycles. The fourth-order valence-electron chi connectivity index (χ4n) is 3.00. The number of nitrogens with one attached hydrogen (secondary N) is 1. The molecule has 5 heteroatoms. The number of ether oxygens (including phenoxy) is 3. The van der Waals surface area contributed by atoms with E-state index in [1.54, 1.807) is 6.92 Å². The van der Waals surface area contributed by atoms with Crippen LogP contribution in [0.2, 0.25) is 0 Å². The van der Waals surface area contributed by atoms with Crippen LogP contribution in [-0.4, -0.2) is 18.8 Å². The van der Waals surface area contributed by atoms with Gasteiger partial charge in [-0.05, 0) is 47.9 Å². The van der Waals surface area contributed by atoms with Crippen LogP contribution in [0.4, 0.5) is 0 Å². The summed E-state index contributed by atoms with van der Waals surface area (Å²) >= 11 is 0. The summed E-state index contributed by atoms with van der Waals surface area (Å²) in [6.45, 7) is 2.37. The zero-order valence-corrected chi connectivity index (χ0v) is 15.6. The average Bonchev–Trinajstić information content (AvgIpc) is 3.21. The van der Waals surface area contributed by atoms with Gasteiger partial charge in [0.1, 0.15) is 5.75 Å². The van der Waals surface area contributed by atoms with Crippen molar-refractivity contribution in [1.29, 1.82) is 0 Å². The van der Waals surface area contributed by atoms with Crippen LogP contribution in [0.25, 0.3) is 11.1 Å². The highest BCUT2D eigenvalue weighted by molar-refractivity contribution is 5.80. The van der Waals surface area contributed by atoms with Crippen molar-refractivity contribution in [3.05, 3.63) is 78.4 Å². The Hall–Kier alpha value is -3.47. The van der Waals surface area contributed by atoms with Gasteiger partial charge in [0.05, 0.1) is 0 Å². The van der Waals surface area contributed by atoms with E-state index in [0.29, 0.717) is 18.0 Å². The number of hydrogen-bond acceptors (Lipinski definition) is 4. The van der Waals surface area contributed by atoms with Gasteiger partial charge in [-0.15, -0.1) is 0 Å². The van der Waals surface area contributed by atoms with Gasteiger partial charge in [0.15, 0.2) is 17.6 Å². The lowest BCUT2D eigenvalue weighted by molar-refractivity contribution is -0.127. The first-order valence-electron chi connectivity index (χ1n) is 9.17. The lowest BCUT2D eigenvalue weighted by Gasteiger charge is -2.15. The van der Waals surface area contributed by atoms with Crippen LogP contribution in [-0.2, 0) is 11.3 Å². The molecule has 28 heavy (non-hydrogen) atoms. The topological polar surface area (TPSA) is 56.8 Å². The zero-order valence-electron chi connectivity index (χ0n) is 15.6. The predicted octanol–water partition coefficient (Wildman–Crippen LogP) is 4.17. The van der Waals surface area contributed by atoms with E-state index in [-0.39, 0.29) is 12.7 Å². The number of benzene rings is 3. The van der Waals surface area contributed by atoms with Gasteiger partial charge in [-0.3, -0.25) is 4.79 Å². The molecule has 1 atom stereocenters. The maximum absolute atomic E-state index is 12.4. The monoisotopic (exact) mass is 375 g/mol. The van der Waals surface area contributed by atoms with Crippen molar-refractivity contribution in [3.8, 4) is 28.4 Å². The van der Waals surface area contributed by atoms with Crippen LogP contribution in [0, 0.1) is 0 Å². The highest BCUT2D eigenvalue weighted by Gasteiger charge is 2.16. The molecule has 0 saturated heterocycles. The van der Waals surface area contributed by atoms with Crippen LogP contribution < -0.4 is 19.5 Å². The molecule has 0 unspecified atom stereocenters. The fourth-order valence-corrected chi connectivity index (χ4v) is 3.00. The van der Waals surface area contributed by atoms with E-state index in [9.17, 15) is 4.79 Å². The normalized spacial score (nSPS) is 13.0. The minimum atomic E-state index is -0.600. The van der Waals surface area contributed by atoms with E-state index >= 15 is 0 Å². The molecule has 5 nitrogen and oxygen atoms in total. The van der Waals surface area contributed by atoms with Gasteiger partial charge in [0.25, 0.3) is 5.91 Å². The lowest BCUT2D eigenvalue weighted by Crippen LogP contribution is -2.35. The molecular formula is C23H21NO4. The van der Waals surface area contributed by atoms with Gasteiger partial charge < -0.3 is 19.5 Å². The molecule has 1 heterocycles. The summed E-state index contributed by atoms with van der Waals surface area (Å²) in [7, 11) is 0. The summed E-state index contributed by atoms with van der Waals surface area (Å²) in [5.74, 6) is 1.91. The van der Waals surface area contributed by atoms with E-state index in [2.05, 4.69) is 17.4 Å². The second-order valence-corrected chi connectivity index (χ2v) is 6.56. The van der Waals surface area contributed by atoms with Gasteiger partial charge in [0, 0.05) is 6.54 Å². The molecule has 3 aromatic rings. The number of amides is 1. The Kier molecular flexibility index (Phi) is 5.15. The van der Waals surface area contributed by atoms with Crippen molar-refractivity contribution in [2.45, 2.75) is 19.6 Å². The highest BCUT2D eigenvalue weighted by atomic mass is 16.7. The zero-order chi connectivity index (χ0) is 19.3. The molecule has 1 N–H and O–H groups in total. The molecule has 1 aliphatic heterocycles. The molecule has 1 aliphatic rings. The van der Waals surface area contributed by atoms with Gasteiger partial charge in [-0.25, -0.2) is 0 Å². The molecule has 1 amide bonds. The van der Waals surface area contributed by atoms with Crippen molar-refractivity contribution in [2.75, 3.05) is 6.79 Å². The standard InChI is InChI=1S/C23H21NO4/c1-16(23(25)24-14-17-7-12-21-22(13-17)27-15-26-21)28-20-10-8-19(9-11-20)18-5-3-2-4-6-18/h2-13,16H,14-15H2,1H3,(H,24,25)/t16-/m0/s1. The summed E-state index contributed by atoms with van der Waals surface area (Å²) in [5.41, 5.74) is 3.19. The molecule has 0 saturated carbocycles. The average molecular weight is 375 g/mol. The van der Waals surface area contributed by atoms with Crippen LogP contribution in [0.3, 0.4) is 0 Å². The van der Waals surface area contributed by atoms with E-state index in [1.807, 2.05) is 60.7 Å². The first-order valence-corrected chi connectivity index (χ1v) is 9.17. The number of carbonyl (C=O) groups excluding carboxylic acids is 1. The summed E-state index contributed by atoms with van der Waals surface area (Å²) in [4.78, 5) is 12.4. The Morgan fingerprint density at radius 1 is 0.964 bits per heavy atom. The number of rotatable bonds is 6. The van der Waals surface area contributed by atoms with E-state index in [4.69, 9.17) is 14.2 Å². The number of carbonyl (C=O) groups is 1. The molecule has 0 spiro atoms. The summed E-state index contributed by atoms with van der Waals surface area (Å²) in [6, 6.07) is 23.5. The first kappa shape index (κ1) is 17.9. The molecule has 4 rings (SSSR count). The number of hydrogen-bond donors (Lipinski definition) is 1. The number of fused-ring (bicyclic) bond motifs is 1. The van der Waals surface area contributed by atoms with Crippen molar-refractivity contribution >= 4 is 5.91 Å². The van der Waals surface area contributed by atoms with E-state index < -0.39 is 6.10 Å². The summed E-state index contributed by atoms with van der Waals surface area (Å²) in [6.07, 6.45) is -0.600. The van der Waals surface area contributed by atoms with Gasteiger partial charge in [-0.1, -0.05) is 48.5 Å². The van der Waals surface area contributed by atoms with Crippen molar-refractivity contribution in [1.82, 2.24) is 5.32 Å². The molecule has 0 radical (unpaired) electrons. The largest absolute Gasteiger partial charge is 0.481 e. The lowest BCUT2D eigenvalue weighted by atomic mass is 10.1. The quantitative estimate of drug-likeness (QED) is 0.703. The first-order chi connectivity index (χ1) is 13.7. The van der Waals surface area contributed by atoms with Gasteiger partial charge >= 0.3 is 0 Å². The smallest absolute Gasteiger partial charge is 0.261 e. The fraction of sp³-hybridized carbons (Fsp3) is 0.174. The Bertz CT molecular complexity index is 954. The molecule has 0 bridgehead atoms. The SMILES string of the molecule is C[C@H](Oc1ccc(-c2ccccc2)cc1)C(=O)NCc1ccc2c(c1)OCO2. The van der Waals surface area contributed by atoms with Gasteiger partial charge in [0.2, 0.25) is 6.79 Å². The highest BCUT2D eigenvalue weighted by Crippen LogP contribution is 2.32. The third-order valence-corrected chi connectivity index (χ3v) is 4.55. The minimum Gasteiger partial charge on any atom is -0.481 e. The minimum absolute atomic E-state index is 0.176. The van der Waals surface area contributed by atoms with Crippen molar-refractivity contribution < 1.29 is 19.0 Å². The maximum atomic E-state index is 12.4. The second kappa shape index (κ2) is 8.05. The van der Waals surface area contributed by atoms with Crippen LogP contribution in [0.15, 0.2) is 72.8 Å². The molecule has 0 aliphatic carbocycles. The third-order valence-electron chi connectivity index (χ3n) is 4.55.